The number of amides is 1. The molecule has 1 amide bonds. The van der Waals surface area contributed by atoms with E-state index in [1.807, 2.05) is 13.0 Å². The van der Waals surface area contributed by atoms with Gasteiger partial charge in [-0.25, -0.2) is 0 Å². The number of carbonyl (C=O) groups is 1. The van der Waals surface area contributed by atoms with Crippen LogP contribution in [-0.4, -0.2) is 35.5 Å². The zero-order valence-corrected chi connectivity index (χ0v) is 13.5. The minimum Gasteiger partial charge on any atom is -0.494 e. The summed E-state index contributed by atoms with van der Waals surface area (Å²) in [6.07, 6.45) is 4.22. The molecule has 0 radical (unpaired) electrons. The number of anilines is 1. The third-order valence-corrected chi connectivity index (χ3v) is 4.35. The van der Waals surface area contributed by atoms with Crippen LogP contribution in [0.3, 0.4) is 0 Å². The molecule has 1 aromatic heterocycles. The van der Waals surface area contributed by atoms with Crippen LogP contribution in [-0.2, 0) is 17.8 Å². The molecular weight excluding hydrogens is 290 g/mol. The van der Waals surface area contributed by atoms with Crippen LogP contribution in [0.5, 0.6) is 5.75 Å². The van der Waals surface area contributed by atoms with Crippen LogP contribution in [0.4, 0.5) is 5.69 Å². The van der Waals surface area contributed by atoms with E-state index in [1.165, 1.54) is 11.1 Å². The van der Waals surface area contributed by atoms with Crippen molar-refractivity contribution in [1.82, 2.24) is 9.88 Å². The van der Waals surface area contributed by atoms with Crippen molar-refractivity contribution in [2.75, 3.05) is 19.0 Å². The maximum Gasteiger partial charge on any atom is 0.241 e. The minimum atomic E-state index is -0.215. The highest BCUT2D eigenvalue weighted by Gasteiger charge is 2.25. The normalized spacial score (nSPS) is 15.6. The molecule has 120 valence electrons. The van der Waals surface area contributed by atoms with E-state index in [2.05, 4.69) is 33.4 Å². The number of nitrogens with one attached hydrogen (secondary N) is 1. The SMILES string of the molecule is COc1ccncc1NC(=O)C(C)N1CCc2ccccc2C1. The number of benzene rings is 1. The molecule has 0 spiro atoms. The van der Waals surface area contributed by atoms with Gasteiger partial charge in [0.2, 0.25) is 5.91 Å². The summed E-state index contributed by atoms with van der Waals surface area (Å²) in [4.78, 5) is 18.8. The number of rotatable bonds is 4. The third-order valence-electron chi connectivity index (χ3n) is 4.35. The molecule has 1 aliphatic rings. The summed E-state index contributed by atoms with van der Waals surface area (Å²) < 4.78 is 5.25. The molecule has 2 heterocycles. The highest BCUT2D eigenvalue weighted by Crippen LogP contribution is 2.24. The molecular formula is C18H21N3O2. The number of hydrogen-bond donors (Lipinski definition) is 1. The Hall–Kier alpha value is -2.40. The number of ether oxygens (including phenoxy) is 1. The number of nitrogens with zero attached hydrogens (tertiary/aromatic N) is 2. The lowest BCUT2D eigenvalue weighted by Crippen LogP contribution is -2.44. The number of hydrogen-bond acceptors (Lipinski definition) is 4. The molecule has 5 nitrogen and oxygen atoms in total. The lowest BCUT2D eigenvalue weighted by Gasteiger charge is -2.32. The zero-order valence-electron chi connectivity index (χ0n) is 13.5. The molecule has 1 aromatic carbocycles. The first-order chi connectivity index (χ1) is 11.2. The van der Waals surface area contributed by atoms with E-state index < -0.39 is 0 Å². The Morgan fingerprint density at radius 3 is 2.87 bits per heavy atom. The number of methoxy groups -OCH3 is 1. The standard InChI is InChI=1S/C18H21N3O2/c1-13(18(22)20-16-11-19-9-7-17(16)23-2)21-10-8-14-5-3-4-6-15(14)12-21/h3-7,9,11,13H,8,10,12H2,1-2H3,(H,20,22). The van der Waals surface area contributed by atoms with Gasteiger partial charge in [-0.2, -0.15) is 0 Å². The number of carbonyl (C=O) groups excluding carboxylic acids is 1. The summed E-state index contributed by atoms with van der Waals surface area (Å²) >= 11 is 0. The fourth-order valence-electron chi connectivity index (χ4n) is 2.90. The van der Waals surface area contributed by atoms with E-state index in [9.17, 15) is 4.79 Å². The molecule has 0 fully saturated rings. The van der Waals surface area contributed by atoms with Crippen LogP contribution in [0.2, 0.25) is 0 Å². The van der Waals surface area contributed by atoms with Gasteiger partial charge in [0.05, 0.1) is 19.3 Å². The van der Waals surface area contributed by atoms with Crippen molar-refractivity contribution in [3.8, 4) is 5.75 Å². The average Bonchev–Trinajstić information content (AvgIpc) is 2.61. The third kappa shape index (κ3) is 3.35. The Morgan fingerprint density at radius 1 is 1.30 bits per heavy atom. The van der Waals surface area contributed by atoms with Crippen molar-refractivity contribution in [2.24, 2.45) is 0 Å². The summed E-state index contributed by atoms with van der Waals surface area (Å²) in [5.41, 5.74) is 3.28. The molecule has 0 saturated carbocycles. The summed E-state index contributed by atoms with van der Waals surface area (Å²) in [5, 5.41) is 2.91. The smallest absolute Gasteiger partial charge is 0.241 e. The molecule has 1 atom stereocenters. The van der Waals surface area contributed by atoms with Gasteiger partial charge in [-0.3, -0.25) is 14.7 Å². The number of pyridine rings is 1. The van der Waals surface area contributed by atoms with E-state index in [-0.39, 0.29) is 11.9 Å². The van der Waals surface area contributed by atoms with Gasteiger partial charge in [-0.15, -0.1) is 0 Å². The van der Waals surface area contributed by atoms with Gasteiger partial charge >= 0.3 is 0 Å². The lowest BCUT2D eigenvalue weighted by atomic mass is 9.99. The van der Waals surface area contributed by atoms with Gasteiger partial charge in [0.1, 0.15) is 11.4 Å². The second-order valence-corrected chi connectivity index (χ2v) is 5.73. The highest BCUT2D eigenvalue weighted by molar-refractivity contribution is 5.95. The van der Waals surface area contributed by atoms with Crippen molar-refractivity contribution in [3.63, 3.8) is 0 Å². The van der Waals surface area contributed by atoms with Gasteiger partial charge in [-0.05, 0) is 24.5 Å². The number of aromatic nitrogens is 1. The predicted octanol–water partition coefficient (Wildman–Crippen LogP) is 2.48. The van der Waals surface area contributed by atoms with E-state index in [1.54, 1.807) is 25.6 Å². The summed E-state index contributed by atoms with van der Waals surface area (Å²) in [6.45, 7) is 3.62. The molecule has 23 heavy (non-hydrogen) atoms. The molecule has 0 aliphatic carbocycles. The predicted molar refractivity (Wildman–Crippen MR) is 89.4 cm³/mol. The second kappa shape index (κ2) is 6.79. The summed E-state index contributed by atoms with van der Waals surface area (Å²) in [7, 11) is 1.58. The van der Waals surface area contributed by atoms with Crippen LogP contribution >= 0.6 is 0 Å². The Balaban J connectivity index is 1.69. The van der Waals surface area contributed by atoms with Gasteiger partial charge in [0.25, 0.3) is 0 Å². The van der Waals surface area contributed by atoms with Crippen LogP contribution in [0.25, 0.3) is 0 Å². The quantitative estimate of drug-likeness (QED) is 0.942. The molecule has 0 bridgehead atoms. The van der Waals surface area contributed by atoms with E-state index in [0.717, 1.165) is 19.5 Å². The van der Waals surface area contributed by atoms with Gasteiger partial charge in [-0.1, -0.05) is 24.3 Å². The first-order valence-corrected chi connectivity index (χ1v) is 7.78. The van der Waals surface area contributed by atoms with Gasteiger partial charge < -0.3 is 10.1 Å². The molecule has 0 saturated heterocycles. The molecule has 1 aliphatic heterocycles. The maximum absolute atomic E-state index is 12.6. The van der Waals surface area contributed by atoms with Crippen molar-refractivity contribution >= 4 is 11.6 Å². The van der Waals surface area contributed by atoms with Crippen LogP contribution in [0, 0.1) is 0 Å². The Labute approximate surface area is 136 Å². The van der Waals surface area contributed by atoms with E-state index in [4.69, 9.17) is 4.74 Å². The molecule has 3 rings (SSSR count). The van der Waals surface area contributed by atoms with Crippen molar-refractivity contribution in [3.05, 3.63) is 53.9 Å². The minimum absolute atomic E-state index is 0.0457. The molecule has 5 heteroatoms. The van der Waals surface area contributed by atoms with Gasteiger partial charge in [0, 0.05) is 25.4 Å². The number of fused-ring (bicyclic) bond motifs is 1. The van der Waals surface area contributed by atoms with Crippen molar-refractivity contribution in [1.29, 1.82) is 0 Å². The van der Waals surface area contributed by atoms with Crippen LogP contribution in [0.15, 0.2) is 42.7 Å². The fourth-order valence-corrected chi connectivity index (χ4v) is 2.90. The summed E-state index contributed by atoms with van der Waals surface area (Å²) in [5.74, 6) is 0.570. The van der Waals surface area contributed by atoms with Crippen LogP contribution < -0.4 is 10.1 Å². The zero-order chi connectivity index (χ0) is 16.2. The van der Waals surface area contributed by atoms with E-state index >= 15 is 0 Å². The first kappa shape index (κ1) is 15.5. The Kier molecular flexibility index (Phi) is 4.57. The van der Waals surface area contributed by atoms with E-state index in [0.29, 0.717) is 11.4 Å². The summed E-state index contributed by atoms with van der Waals surface area (Å²) in [6, 6.07) is 9.94. The topological polar surface area (TPSA) is 54.5 Å². The largest absolute Gasteiger partial charge is 0.494 e. The first-order valence-electron chi connectivity index (χ1n) is 7.78. The van der Waals surface area contributed by atoms with Crippen molar-refractivity contribution < 1.29 is 9.53 Å². The van der Waals surface area contributed by atoms with Gasteiger partial charge in [0.15, 0.2) is 0 Å². The lowest BCUT2D eigenvalue weighted by molar-refractivity contribution is -0.121. The van der Waals surface area contributed by atoms with Crippen molar-refractivity contribution in [2.45, 2.75) is 25.9 Å². The molecule has 1 N–H and O–H groups in total. The molecule has 1 unspecified atom stereocenters. The van der Waals surface area contributed by atoms with Crippen LogP contribution in [0.1, 0.15) is 18.1 Å². The maximum atomic E-state index is 12.6. The Morgan fingerprint density at radius 2 is 2.09 bits per heavy atom. The molecule has 2 aromatic rings. The second-order valence-electron chi connectivity index (χ2n) is 5.73. The highest BCUT2D eigenvalue weighted by atomic mass is 16.5. The Bertz CT molecular complexity index is 702. The fraction of sp³-hybridized carbons (Fsp3) is 0.333. The monoisotopic (exact) mass is 311 g/mol. The average molecular weight is 311 g/mol.